The minimum Gasteiger partial charge on any atom is -0.496 e. The molecule has 0 amide bonds. The molecule has 0 aliphatic rings. The van der Waals surface area contributed by atoms with Crippen molar-refractivity contribution in [2.24, 2.45) is 0 Å². The Morgan fingerprint density at radius 1 is 1.16 bits per heavy atom. The molecule has 1 N–H and O–H groups in total. The normalized spacial score (nSPS) is 12.0. The predicted molar refractivity (Wildman–Crippen MR) is 83.9 cm³/mol. The molecule has 0 saturated heterocycles. The van der Waals surface area contributed by atoms with Gasteiger partial charge in [-0.3, -0.25) is 0 Å². The molecule has 0 aliphatic carbocycles. The van der Waals surface area contributed by atoms with Crippen molar-refractivity contribution in [3.05, 3.63) is 58.1 Å². The summed E-state index contributed by atoms with van der Waals surface area (Å²) in [6, 6.07) is 14.5. The molecule has 2 rings (SSSR count). The van der Waals surface area contributed by atoms with Crippen molar-refractivity contribution < 1.29 is 4.74 Å². The molecule has 2 aromatic rings. The van der Waals surface area contributed by atoms with E-state index in [1.165, 1.54) is 11.1 Å². The molecule has 0 aliphatic heterocycles. The highest BCUT2D eigenvalue weighted by Gasteiger charge is 2.12. The Morgan fingerprint density at radius 3 is 2.58 bits per heavy atom. The summed E-state index contributed by atoms with van der Waals surface area (Å²) in [7, 11) is 1.71. The Balaban J connectivity index is 2.27. The third-order valence-corrected chi connectivity index (χ3v) is 3.79. The Bertz CT molecular complexity index is 568. The highest BCUT2D eigenvalue weighted by atomic mass is 79.9. The molecule has 1 atom stereocenters. The van der Waals surface area contributed by atoms with Gasteiger partial charge in [0.25, 0.3) is 0 Å². The molecule has 0 spiro atoms. The van der Waals surface area contributed by atoms with Crippen LogP contribution in [-0.4, -0.2) is 7.11 Å². The number of para-hydroxylation sites is 1. The highest BCUT2D eigenvalue weighted by Crippen LogP contribution is 2.31. The van der Waals surface area contributed by atoms with E-state index >= 15 is 0 Å². The molecule has 100 valence electrons. The second-order valence-corrected chi connectivity index (χ2v) is 5.45. The number of hydrogen-bond acceptors (Lipinski definition) is 2. The van der Waals surface area contributed by atoms with Crippen LogP contribution in [0, 0.1) is 6.92 Å². The summed E-state index contributed by atoms with van der Waals surface area (Å²) in [5, 5.41) is 3.50. The summed E-state index contributed by atoms with van der Waals surface area (Å²) in [4.78, 5) is 0. The first-order valence-corrected chi connectivity index (χ1v) is 7.06. The zero-order chi connectivity index (χ0) is 13.8. The largest absolute Gasteiger partial charge is 0.496 e. The maximum absolute atomic E-state index is 5.44. The summed E-state index contributed by atoms with van der Waals surface area (Å²) in [6.07, 6.45) is 0. The molecular weight excluding hydrogens is 302 g/mol. The van der Waals surface area contributed by atoms with Crippen LogP contribution in [0.2, 0.25) is 0 Å². The Hall–Kier alpha value is -1.48. The molecule has 3 heteroatoms. The van der Waals surface area contributed by atoms with Crippen LogP contribution in [0.1, 0.15) is 24.1 Å². The number of hydrogen-bond donors (Lipinski definition) is 1. The monoisotopic (exact) mass is 319 g/mol. The van der Waals surface area contributed by atoms with E-state index in [1.807, 2.05) is 24.3 Å². The lowest BCUT2D eigenvalue weighted by molar-refractivity contribution is 0.408. The zero-order valence-corrected chi connectivity index (χ0v) is 13.0. The van der Waals surface area contributed by atoms with Gasteiger partial charge in [0.2, 0.25) is 0 Å². The first-order chi connectivity index (χ1) is 9.11. The third-order valence-electron chi connectivity index (χ3n) is 3.10. The van der Waals surface area contributed by atoms with Crippen LogP contribution in [0.25, 0.3) is 0 Å². The lowest BCUT2D eigenvalue weighted by Crippen LogP contribution is -2.08. The summed E-state index contributed by atoms with van der Waals surface area (Å²) < 4.78 is 6.50. The van der Waals surface area contributed by atoms with E-state index in [9.17, 15) is 0 Å². The first-order valence-electron chi connectivity index (χ1n) is 6.27. The molecule has 0 aromatic heterocycles. The highest BCUT2D eigenvalue weighted by molar-refractivity contribution is 9.10. The first kappa shape index (κ1) is 13.9. The summed E-state index contributed by atoms with van der Waals surface area (Å²) in [5.74, 6) is 0.914. The van der Waals surface area contributed by atoms with Gasteiger partial charge < -0.3 is 10.1 Å². The quantitative estimate of drug-likeness (QED) is 0.861. The number of anilines is 1. The van der Waals surface area contributed by atoms with Crippen LogP contribution in [0.5, 0.6) is 5.75 Å². The summed E-state index contributed by atoms with van der Waals surface area (Å²) in [6.45, 7) is 4.23. The van der Waals surface area contributed by atoms with Crippen LogP contribution in [0.15, 0.2) is 46.9 Å². The average Bonchev–Trinajstić information content (AvgIpc) is 2.41. The van der Waals surface area contributed by atoms with Crippen molar-refractivity contribution in [3.63, 3.8) is 0 Å². The van der Waals surface area contributed by atoms with Gasteiger partial charge in [0.15, 0.2) is 0 Å². The van der Waals surface area contributed by atoms with Gasteiger partial charge in [-0.05, 0) is 48.0 Å². The maximum Gasteiger partial charge on any atom is 0.124 e. The third kappa shape index (κ3) is 3.29. The zero-order valence-electron chi connectivity index (χ0n) is 11.4. The minimum absolute atomic E-state index is 0.175. The molecule has 19 heavy (non-hydrogen) atoms. The van der Waals surface area contributed by atoms with Crippen LogP contribution in [0.4, 0.5) is 5.69 Å². The second-order valence-electron chi connectivity index (χ2n) is 4.59. The molecule has 2 aromatic carbocycles. The van der Waals surface area contributed by atoms with Gasteiger partial charge in [0, 0.05) is 15.7 Å². The van der Waals surface area contributed by atoms with E-state index in [0.29, 0.717) is 0 Å². The van der Waals surface area contributed by atoms with Gasteiger partial charge in [-0.25, -0.2) is 0 Å². The lowest BCUT2D eigenvalue weighted by atomic mass is 10.0. The fourth-order valence-electron chi connectivity index (χ4n) is 2.08. The topological polar surface area (TPSA) is 21.3 Å². The second kappa shape index (κ2) is 6.11. The van der Waals surface area contributed by atoms with Gasteiger partial charge in [0.1, 0.15) is 5.75 Å². The summed E-state index contributed by atoms with van der Waals surface area (Å²) >= 11 is 3.55. The number of benzene rings is 2. The van der Waals surface area contributed by atoms with Crippen molar-refractivity contribution in [2.45, 2.75) is 19.9 Å². The van der Waals surface area contributed by atoms with E-state index < -0.39 is 0 Å². The number of aryl methyl sites for hydroxylation is 1. The molecule has 0 fully saturated rings. The van der Waals surface area contributed by atoms with Crippen LogP contribution in [-0.2, 0) is 0 Å². The molecule has 0 heterocycles. The van der Waals surface area contributed by atoms with Crippen LogP contribution >= 0.6 is 15.9 Å². The predicted octanol–water partition coefficient (Wildman–Crippen LogP) is 4.94. The van der Waals surface area contributed by atoms with E-state index in [-0.39, 0.29) is 6.04 Å². The molecular formula is C16H18BrNO. The average molecular weight is 320 g/mol. The SMILES string of the molecule is COc1ccc(C)cc1C(C)Nc1ccccc1Br. The maximum atomic E-state index is 5.44. The molecule has 0 saturated carbocycles. The summed E-state index contributed by atoms with van der Waals surface area (Å²) in [5.41, 5.74) is 3.48. The van der Waals surface area contributed by atoms with Crippen LogP contribution < -0.4 is 10.1 Å². The standard InChI is InChI=1S/C16H18BrNO/c1-11-8-9-16(19-3)13(10-11)12(2)18-15-7-5-4-6-14(15)17/h4-10,12,18H,1-3H3. The van der Waals surface area contributed by atoms with Crippen molar-refractivity contribution in [2.75, 3.05) is 12.4 Å². The smallest absolute Gasteiger partial charge is 0.124 e. The Morgan fingerprint density at radius 2 is 1.89 bits per heavy atom. The van der Waals surface area contributed by atoms with Gasteiger partial charge in [-0.15, -0.1) is 0 Å². The van der Waals surface area contributed by atoms with E-state index in [2.05, 4.69) is 53.3 Å². The molecule has 1 unspecified atom stereocenters. The van der Waals surface area contributed by atoms with Gasteiger partial charge in [-0.2, -0.15) is 0 Å². The molecule has 0 bridgehead atoms. The van der Waals surface area contributed by atoms with Crippen molar-refractivity contribution in [3.8, 4) is 5.75 Å². The molecule has 0 radical (unpaired) electrons. The van der Waals surface area contributed by atoms with Crippen molar-refractivity contribution in [1.29, 1.82) is 0 Å². The fraction of sp³-hybridized carbons (Fsp3) is 0.250. The number of nitrogens with one attached hydrogen (secondary N) is 1. The van der Waals surface area contributed by atoms with Crippen molar-refractivity contribution >= 4 is 21.6 Å². The number of methoxy groups -OCH3 is 1. The molecule has 2 nitrogen and oxygen atoms in total. The Kier molecular flexibility index (Phi) is 4.48. The Labute approximate surface area is 122 Å². The lowest BCUT2D eigenvalue weighted by Gasteiger charge is -2.19. The number of rotatable bonds is 4. The van der Waals surface area contributed by atoms with E-state index in [4.69, 9.17) is 4.74 Å². The number of ether oxygens (including phenoxy) is 1. The van der Waals surface area contributed by atoms with E-state index in [0.717, 1.165) is 15.9 Å². The number of halogens is 1. The van der Waals surface area contributed by atoms with E-state index in [1.54, 1.807) is 7.11 Å². The minimum atomic E-state index is 0.175. The van der Waals surface area contributed by atoms with Gasteiger partial charge >= 0.3 is 0 Å². The van der Waals surface area contributed by atoms with Crippen molar-refractivity contribution in [1.82, 2.24) is 0 Å². The van der Waals surface area contributed by atoms with Gasteiger partial charge in [0.05, 0.1) is 13.2 Å². The van der Waals surface area contributed by atoms with Gasteiger partial charge in [-0.1, -0.05) is 29.8 Å². The fourth-order valence-corrected chi connectivity index (χ4v) is 2.48. The van der Waals surface area contributed by atoms with Crippen LogP contribution in [0.3, 0.4) is 0 Å².